The van der Waals surface area contributed by atoms with E-state index in [0.717, 1.165) is 18.5 Å². The van der Waals surface area contributed by atoms with Gasteiger partial charge in [-0.25, -0.2) is 0 Å². The third kappa shape index (κ3) is 3.66. The lowest BCUT2D eigenvalue weighted by molar-refractivity contribution is 0.0948. The molecule has 0 aliphatic rings. The molecular formula is C13H20N2O. The first-order valence-corrected chi connectivity index (χ1v) is 5.74. The van der Waals surface area contributed by atoms with Crippen molar-refractivity contribution in [1.82, 2.24) is 5.32 Å². The Labute approximate surface area is 97.0 Å². The van der Waals surface area contributed by atoms with Crippen molar-refractivity contribution >= 4 is 5.91 Å². The molecule has 0 aliphatic carbocycles. The quantitative estimate of drug-likeness (QED) is 0.796. The van der Waals surface area contributed by atoms with Crippen LogP contribution in [0.1, 0.15) is 36.2 Å². The molecule has 1 unspecified atom stereocenters. The molecular weight excluding hydrogens is 200 g/mol. The van der Waals surface area contributed by atoms with E-state index in [-0.39, 0.29) is 5.91 Å². The number of benzene rings is 1. The van der Waals surface area contributed by atoms with Gasteiger partial charge in [0, 0.05) is 18.7 Å². The van der Waals surface area contributed by atoms with Crippen LogP contribution in [0.5, 0.6) is 0 Å². The Morgan fingerprint density at radius 1 is 1.38 bits per heavy atom. The van der Waals surface area contributed by atoms with Gasteiger partial charge < -0.3 is 11.1 Å². The van der Waals surface area contributed by atoms with Crippen LogP contribution in [0.25, 0.3) is 0 Å². The maximum Gasteiger partial charge on any atom is 0.251 e. The Morgan fingerprint density at radius 3 is 2.50 bits per heavy atom. The van der Waals surface area contributed by atoms with E-state index in [1.807, 2.05) is 24.3 Å². The van der Waals surface area contributed by atoms with Gasteiger partial charge in [0.15, 0.2) is 0 Å². The molecule has 0 heterocycles. The third-order valence-electron chi connectivity index (χ3n) is 2.76. The summed E-state index contributed by atoms with van der Waals surface area (Å²) in [4.78, 5) is 11.7. The topological polar surface area (TPSA) is 55.1 Å². The number of rotatable bonds is 5. The number of nitrogens with one attached hydrogen (secondary N) is 1. The van der Waals surface area contributed by atoms with E-state index < -0.39 is 0 Å². The van der Waals surface area contributed by atoms with Crippen LogP contribution in [-0.4, -0.2) is 12.5 Å². The lowest BCUT2D eigenvalue weighted by atomic mass is 10.1. The minimum atomic E-state index is -0.0103. The van der Waals surface area contributed by atoms with Crippen molar-refractivity contribution in [3.8, 4) is 0 Å². The first kappa shape index (κ1) is 12.7. The van der Waals surface area contributed by atoms with Gasteiger partial charge in [-0.3, -0.25) is 4.79 Å². The zero-order chi connectivity index (χ0) is 12.0. The van der Waals surface area contributed by atoms with Gasteiger partial charge in [-0.2, -0.15) is 0 Å². The second-order valence-corrected chi connectivity index (χ2v) is 4.12. The molecule has 0 radical (unpaired) electrons. The largest absolute Gasteiger partial charge is 0.352 e. The molecule has 3 nitrogen and oxygen atoms in total. The first-order chi connectivity index (χ1) is 7.67. The molecule has 3 heteroatoms. The molecule has 0 aliphatic heterocycles. The Kier molecular flexibility index (Phi) is 4.99. The van der Waals surface area contributed by atoms with Crippen molar-refractivity contribution < 1.29 is 4.79 Å². The van der Waals surface area contributed by atoms with Gasteiger partial charge in [0.1, 0.15) is 0 Å². The molecule has 16 heavy (non-hydrogen) atoms. The summed E-state index contributed by atoms with van der Waals surface area (Å²) < 4.78 is 0. The van der Waals surface area contributed by atoms with Gasteiger partial charge in [-0.15, -0.1) is 0 Å². The van der Waals surface area contributed by atoms with Crippen LogP contribution >= 0.6 is 0 Å². The summed E-state index contributed by atoms with van der Waals surface area (Å²) in [7, 11) is 0. The van der Waals surface area contributed by atoms with Gasteiger partial charge >= 0.3 is 0 Å². The first-order valence-electron chi connectivity index (χ1n) is 5.74. The van der Waals surface area contributed by atoms with Gasteiger partial charge in [-0.05, 0) is 23.6 Å². The molecule has 1 rings (SSSR count). The number of hydrogen-bond donors (Lipinski definition) is 2. The Hall–Kier alpha value is -1.35. The molecule has 0 spiro atoms. The number of amides is 1. The average molecular weight is 220 g/mol. The van der Waals surface area contributed by atoms with Crippen LogP contribution in [0.15, 0.2) is 24.3 Å². The highest BCUT2D eigenvalue weighted by atomic mass is 16.1. The molecule has 1 aromatic carbocycles. The SMILES string of the molecule is CCC(C)CNC(=O)c1ccc(CN)cc1. The van der Waals surface area contributed by atoms with Gasteiger partial charge in [0.05, 0.1) is 0 Å². The van der Waals surface area contributed by atoms with Crippen LogP contribution in [-0.2, 0) is 6.54 Å². The molecule has 1 amide bonds. The van der Waals surface area contributed by atoms with Crippen LogP contribution < -0.4 is 11.1 Å². The van der Waals surface area contributed by atoms with E-state index in [0.29, 0.717) is 18.0 Å². The molecule has 88 valence electrons. The van der Waals surface area contributed by atoms with Crippen molar-refractivity contribution in [2.45, 2.75) is 26.8 Å². The van der Waals surface area contributed by atoms with E-state index in [4.69, 9.17) is 5.73 Å². The average Bonchev–Trinajstić information content (AvgIpc) is 2.35. The van der Waals surface area contributed by atoms with Crippen molar-refractivity contribution in [2.75, 3.05) is 6.54 Å². The van der Waals surface area contributed by atoms with Crippen LogP contribution in [0.2, 0.25) is 0 Å². The second kappa shape index (κ2) is 6.28. The van der Waals surface area contributed by atoms with Gasteiger partial charge in [-0.1, -0.05) is 32.4 Å². The Bertz CT molecular complexity index is 332. The fraction of sp³-hybridized carbons (Fsp3) is 0.462. The summed E-state index contributed by atoms with van der Waals surface area (Å²) in [6.45, 7) is 5.48. The molecule has 0 fully saturated rings. The fourth-order valence-electron chi connectivity index (χ4n) is 1.31. The maximum atomic E-state index is 11.7. The normalized spacial score (nSPS) is 12.2. The number of carbonyl (C=O) groups is 1. The summed E-state index contributed by atoms with van der Waals surface area (Å²) in [6, 6.07) is 7.40. The molecule has 1 atom stereocenters. The number of nitrogens with two attached hydrogens (primary N) is 1. The minimum absolute atomic E-state index is 0.0103. The zero-order valence-corrected chi connectivity index (χ0v) is 9.99. The summed E-state index contributed by atoms with van der Waals surface area (Å²) in [5, 5.41) is 2.92. The van der Waals surface area contributed by atoms with Crippen molar-refractivity contribution in [2.24, 2.45) is 11.7 Å². The Morgan fingerprint density at radius 2 is 2.00 bits per heavy atom. The summed E-state index contributed by atoms with van der Waals surface area (Å²) in [5.41, 5.74) is 7.23. The smallest absolute Gasteiger partial charge is 0.251 e. The second-order valence-electron chi connectivity index (χ2n) is 4.12. The van der Waals surface area contributed by atoms with E-state index in [2.05, 4.69) is 19.2 Å². The van der Waals surface area contributed by atoms with Gasteiger partial charge in [0.25, 0.3) is 5.91 Å². The van der Waals surface area contributed by atoms with E-state index >= 15 is 0 Å². The summed E-state index contributed by atoms with van der Waals surface area (Å²) in [6.07, 6.45) is 1.08. The minimum Gasteiger partial charge on any atom is -0.352 e. The predicted molar refractivity (Wildman–Crippen MR) is 66.1 cm³/mol. The standard InChI is InChI=1S/C13H20N2O/c1-3-10(2)9-15-13(16)12-6-4-11(8-14)5-7-12/h4-7,10H,3,8-9,14H2,1-2H3,(H,15,16). The van der Waals surface area contributed by atoms with Crippen LogP contribution in [0, 0.1) is 5.92 Å². The highest BCUT2D eigenvalue weighted by Crippen LogP contribution is 2.04. The van der Waals surface area contributed by atoms with Crippen LogP contribution in [0.3, 0.4) is 0 Å². The molecule has 0 saturated heterocycles. The van der Waals surface area contributed by atoms with Crippen molar-refractivity contribution in [3.63, 3.8) is 0 Å². The van der Waals surface area contributed by atoms with E-state index in [1.165, 1.54) is 0 Å². The van der Waals surface area contributed by atoms with E-state index in [9.17, 15) is 4.79 Å². The maximum absolute atomic E-state index is 11.7. The predicted octanol–water partition coefficient (Wildman–Crippen LogP) is 1.92. The Balaban J connectivity index is 2.52. The fourth-order valence-corrected chi connectivity index (χ4v) is 1.31. The molecule has 3 N–H and O–H groups in total. The zero-order valence-electron chi connectivity index (χ0n) is 9.99. The van der Waals surface area contributed by atoms with Gasteiger partial charge in [0.2, 0.25) is 0 Å². The highest BCUT2D eigenvalue weighted by Gasteiger charge is 2.06. The summed E-state index contributed by atoms with van der Waals surface area (Å²) >= 11 is 0. The van der Waals surface area contributed by atoms with Crippen LogP contribution in [0.4, 0.5) is 0 Å². The summed E-state index contributed by atoms with van der Waals surface area (Å²) in [5.74, 6) is 0.510. The van der Waals surface area contributed by atoms with Crippen molar-refractivity contribution in [3.05, 3.63) is 35.4 Å². The molecule has 1 aromatic rings. The van der Waals surface area contributed by atoms with Crippen molar-refractivity contribution in [1.29, 1.82) is 0 Å². The molecule has 0 aromatic heterocycles. The lowest BCUT2D eigenvalue weighted by Gasteiger charge is -2.10. The number of carbonyl (C=O) groups excluding carboxylic acids is 1. The number of hydrogen-bond acceptors (Lipinski definition) is 2. The lowest BCUT2D eigenvalue weighted by Crippen LogP contribution is -2.28. The monoisotopic (exact) mass is 220 g/mol. The van der Waals surface area contributed by atoms with E-state index in [1.54, 1.807) is 0 Å². The highest BCUT2D eigenvalue weighted by molar-refractivity contribution is 5.94. The third-order valence-corrected chi connectivity index (χ3v) is 2.76. The molecule has 0 bridgehead atoms. The molecule has 0 saturated carbocycles.